The predicted molar refractivity (Wildman–Crippen MR) is 60.8 cm³/mol. The fourth-order valence-electron chi connectivity index (χ4n) is 1.93. The van der Waals surface area contributed by atoms with Crippen LogP contribution in [0, 0.1) is 5.92 Å². The van der Waals surface area contributed by atoms with E-state index >= 15 is 0 Å². The summed E-state index contributed by atoms with van der Waals surface area (Å²) < 4.78 is 0. The Hall–Kier alpha value is -1.31. The van der Waals surface area contributed by atoms with Gasteiger partial charge < -0.3 is 5.73 Å². The molecule has 1 aromatic carbocycles. The van der Waals surface area contributed by atoms with Crippen molar-refractivity contribution in [2.45, 2.75) is 20.3 Å². The van der Waals surface area contributed by atoms with Gasteiger partial charge in [0.1, 0.15) is 0 Å². The smallest absolute Gasteiger partial charge is 0.0449 e. The van der Waals surface area contributed by atoms with Crippen molar-refractivity contribution in [3.05, 3.63) is 29.3 Å². The third-order valence-electron chi connectivity index (χ3n) is 2.62. The maximum atomic E-state index is 5.79. The molecule has 0 fully saturated rings. The summed E-state index contributed by atoms with van der Waals surface area (Å²) in [6.07, 6.45) is 1.05. The Morgan fingerprint density at radius 1 is 1.36 bits per heavy atom. The molecule has 1 aliphatic heterocycles. The van der Waals surface area contributed by atoms with Crippen LogP contribution in [-0.4, -0.2) is 12.3 Å². The fourth-order valence-corrected chi connectivity index (χ4v) is 1.93. The minimum atomic E-state index is 0.482. The van der Waals surface area contributed by atoms with E-state index in [1.54, 1.807) is 0 Å². The van der Waals surface area contributed by atoms with Gasteiger partial charge in [-0.1, -0.05) is 19.9 Å². The highest BCUT2D eigenvalue weighted by atomic mass is 14.8. The van der Waals surface area contributed by atoms with E-state index in [1.807, 2.05) is 12.1 Å². The van der Waals surface area contributed by atoms with Gasteiger partial charge in [-0.25, -0.2) is 0 Å². The molecule has 74 valence electrons. The summed E-state index contributed by atoms with van der Waals surface area (Å²) in [6.45, 7) is 5.28. The SMILES string of the molecule is CC(C)C1=NCCc2ccc(N)cc21. The Morgan fingerprint density at radius 3 is 2.86 bits per heavy atom. The van der Waals surface area contributed by atoms with Gasteiger partial charge in [0.2, 0.25) is 0 Å². The second-order valence-corrected chi connectivity index (χ2v) is 4.09. The quantitative estimate of drug-likeness (QED) is 0.674. The number of nitrogens with two attached hydrogens (primary N) is 1. The highest BCUT2D eigenvalue weighted by molar-refractivity contribution is 6.04. The molecule has 0 aliphatic carbocycles. The second kappa shape index (κ2) is 3.45. The standard InChI is InChI=1S/C12H16N2/c1-8(2)12-11-7-10(13)4-3-9(11)5-6-14-12/h3-4,7-8H,5-6,13H2,1-2H3. The first-order valence-electron chi connectivity index (χ1n) is 5.11. The van der Waals surface area contributed by atoms with E-state index in [1.165, 1.54) is 16.8 Å². The van der Waals surface area contributed by atoms with Gasteiger partial charge in [-0.15, -0.1) is 0 Å². The molecule has 2 nitrogen and oxygen atoms in total. The van der Waals surface area contributed by atoms with E-state index in [2.05, 4.69) is 24.9 Å². The number of benzene rings is 1. The summed E-state index contributed by atoms with van der Waals surface area (Å²) in [5.41, 5.74) is 10.5. The second-order valence-electron chi connectivity index (χ2n) is 4.09. The summed E-state index contributed by atoms with van der Waals surface area (Å²) >= 11 is 0. The van der Waals surface area contributed by atoms with Crippen molar-refractivity contribution in [2.24, 2.45) is 10.9 Å². The van der Waals surface area contributed by atoms with E-state index in [9.17, 15) is 0 Å². The molecule has 1 heterocycles. The van der Waals surface area contributed by atoms with Crippen molar-refractivity contribution in [1.29, 1.82) is 0 Å². The molecular formula is C12H16N2. The number of nitrogens with zero attached hydrogens (tertiary/aromatic N) is 1. The van der Waals surface area contributed by atoms with Crippen LogP contribution in [0.2, 0.25) is 0 Å². The zero-order valence-electron chi connectivity index (χ0n) is 8.75. The molecule has 2 N–H and O–H groups in total. The minimum absolute atomic E-state index is 0.482. The average molecular weight is 188 g/mol. The molecule has 1 aromatic rings. The molecule has 1 aliphatic rings. The Kier molecular flexibility index (Phi) is 2.28. The van der Waals surface area contributed by atoms with Gasteiger partial charge in [-0.2, -0.15) is 0 Å². The molecule has 0 bridgehead atoms. The van der Waals surface area contributed by atoms with Crippen LogP contribution in [0.15, 0.2) is 23.2 Å². The van der Waals surface area contributed by atoms with Crippen LogP contribution in [0.3, 0.4) is 0 Å². The number of anilines is 1. The number of nitrogen functional groups attached to an aromatic ring is 1. The molecule has 0 spiro atoms. The van der Waals surface area contributed by atoms with Crippen LogP contribution < -0.4 is 5.73 Å². The van der Waals surface area contributed by atoms with E-state index in [0.29, 0.717) is 5.92 Å². The summed E-state index contributed by atoms with van der Waals surface area (Å²) in [6, 6.07) is 6.15. The Labute approximate surface area is 84.9 Å². The molecule has 14 heavy (non-hydrogen) atoms. The molecule has 0 aromatic heterocycles. The van der Waals surface area contributed by atoms with Crippen molar-refractivity contribution in [2.75, 3.05) is 12.3 Å². The van der Waals surface area contributed by atoms with Crippen LogP contribution in [0.5, 0.6) is 0 Å². The van der Waals surface area contributed by atoms with E-state index in [4.69, 9.17) is 5.73 Å². The number of fused-ring (bicyclic) bond motifs is 1. The van der Waals surface area contributed by atoms with E-state index in [0.717, 1.165) is 18.7 Å². The predicted octanol–water partition coefficient (Wildman–Crippen LogP) is 2.27. The first-order chi connectivity index (χ1) is 6.68. The number of rotatable bonds is 1. The number of aliphatic imine (C=N–C) groups is 1. The lowest BCUT2D eigenvalue weighted by molar-refractivity contribution is 0.839. The molecular weight excluding hydrogens is 172 g/mol. The summed E-state index contributed by atoms with van der Waals surface area (Å²) in [5, 5.41) is 0. The number of hydrogen-bond acceptors (Lipinski definition) is 2. The molecule has 0 saturated heterocycles. The van der Waals surface area contributed by atoms with Gasteiger partial charge >= 0.3 is 0 Å². The number of hydrogen-bond donors (Lipinski definition) is 1. The molecule has 2 rings (SSSR count). The molecule has 0 saturated carbocycles. The Balaban J connectivity index is 2.51. The lowest BCUT2D eigenvalue weighted by Gasteiger charge is -2.19. The third kappa shape index (κ3) is 1.52. The highest BCUT2D eigenvalue weighted by Gasteiger charge is 2.16. The largest absolute Gasteiger partial charge is 0.399 e. The molecule has 0 unspecified atom stereocenters. The van der Waals surface area contributed by atoms with Crippen LogP contribution in [0.4, 0.5) is 5.69 Å². The van der Waals surface area contributed by atoms with Crippen LogP contribution >= 0.6 is 0 Å². The van der Waals surface area contributed by atoms with Crippen molar-refractivity contribution < 1.29 is 0 Å². The van der Waals surface area contributed by atoms with Gasteiger partial charge in [-0.3, -0.25) is 4.99 Å². The van der Waals surface area contributed by atoms with Crippen LogP contribution in [0.25, 0.3) is 0 Å². The Morgan fingerprint density at radius 2 is 2.14 bits per heavy atom. The average Bonchev–Trinajstić information content (AvgIpc) is 2.16. The van der Waals surface area contributed by atoms with Crippen LogP contribution in [-0.2, 0) is 6.42 Å². The van der Waals surface area contributed by atoms with Gasteiger partial charge in [0.05, 0.1) is 0 Å². The maximum absolute atomic E-state index is 5.79. The summed E-state index contributed by atoms with van der Waals surface area (Å²) in [5.74, 6) is 0.482. The van der Waals surface area contributed by atoms with Crippen molar-refractivity contribution in [3.63, 3.8) is 0 Å². The van der Waals surface area contributed by atoms with E-state index < -0.39 is 0 Å². The molecule has 0 atom stereocenters. The highest BCUT2D eigenvalue weighted by Crippen LogP contribution is 2.22. The Bertz CT molecular complexity index is 378. The maximum Gasteiger partial charge on any atom is 0.0449 e. The molecule has 0 amide bonds. The van der Waals surface area contributed by atoms with Crippen molar-refractivity contribution in [3.8, 4) is 0 Å². The monoisotopic (exact) mass is 188 g/mol. The van der Waals surface area contributed by atoms with E-state index in [-0.39, 0.29) is 0 Å². The fraction of sp³-hybridized carbons (Fsp3) is 0.417. The topological polar surface area (TPSA) is 38.4 Å². The van der Waals surface area contributed by atoms with Crippen LogP contribution in [0.1, 0.15) is 25.0 Å². The zero-order valence-corrected chi connectivity index (χ0v) is 8.75. The third-order valence-corrected chi connectivity index (χ3v) is 2.62. The van der Waals surface area contributed by atoms with Gasteiger partial charge in [0.25, 0.3) is 0 Å². The molecule has 2 heteroatoms. The van der Waals surface area contributed by atoms with Gasteiger partial charge in [0.15, 0.2) is 0 Å². The first kappa shape index (κ1) is 9.25. The normalized spacial score (nSPS) is 15.2. The summed E-state index contributed by atoms with van der Waals surface area (Å²) in [7, 11) is 0. The van der Waals surface area contributed by atoms with Gasteiger partial charge in [0, 0.05) is 23.5 Å². The minimum Gasteiger partial charge on any atom is -0.399 e. The lowest BCUT2D eigenvalue weighted by Crippen LogP contribution is -2.18. The van der Waals surface area contributed by atoms with Crippen molar-refractivity contribution >= 4 is 11.4 Å². The molecule has 0 radical (unpaired) electrons. The zero-order chi connectivity index (χ0) is 10.1. The summed E-state index contributed by atoms with van der Waals surface area (Å²) in [4.78, 5) is 4.57. The lowest BCUT2D eigenvalue weighted by atomic mass is 9.91. The van der Waals surface area contributed by atoms with Crippen molar-refractivity contribution in [1.82, 2.24) is 0 Å². The van der Waals surface area contributed by atoms with Gasteiger partial charge in [-0.05, 0) is 30.0 Å². The first-order valence-corrected chi connectivity index (χ1v) is 5.11.